The zero-order valence-electron chi connectivity index (χ0n) is 25.8. The van der Waals surface area contributed by atoms with E-state index in [1.165, 1.54) is 12.1 Å². The van der Waals surface area contributed by atoms with Gasteiger partial charge in [-0.1, -0.05) is 54.6 Å². The second kappa shape index (κ2) is 13.2. The molecule has 1 fully saturated rings. The topological polar surface area (TPSA) is 105 Å². The van der Waals surface area contributed by atoms with Crippen molar-refractivity contribution in [1.29, 1.82) is 0 Å². The Morgan fingerprint density at radius 2 is 1.64 bits per heavy atom. The summed E-state index contributed by atoms with van der Waals surface area (Å²) in [6, 6.07) is 23.9. The van der Waals surface area contributed by atoms with Gasteiger partial charge in [0.15, 0.2) is 0 Å². The third-order valence-corrected chi connectivity index (χ3v) is 9.80. The Balaban J connectivity index is 0.00000400. The molecule has 6 rings (SSSR count). The Kier molecular flexibility index (Phi) is 9.48. The van der Waals surface area contributed by atoms with E-state index in [-0.39, 0.29) is 47.1 Å². The number of hydrogen-bond donors (Lipinski definition) is 1. The maximum atomic E-state index is 14.1. The number of aryl methyl sites for hydroxylation is 2. The quantitative estimate of drug-likeness (QED) is 0.311. The van der Waals surface area contributed by atoms with E-state index in [2.05, 4.69) is 33.4 Å². The molecule has 0 aliphatic carbocycles. The van der Waals surface area contributed by atoms with Gasteiger partial charge in [-0.3, -0.25) is 9.69 Å². The van der Waals surface area contributed by atoms with E-state index in [4.69, 9.17) is 4.74 Å². The van der Waals surface area contributed by atoms with Crippen molar-refractivity contribution in [2.24, 2.45) is 0 Å². The van der Waals surface area contributed by atoms with Crippen molar-refractivity contribution >= 4 is 34.3 Å². The third-order valence-electron chi connectivity index (χ3n) is 8.48. The van der Waals surface area contributed by atoms with Crippen LogP contribution in [-0.4, -0.2) is 71.9 Å². The molecule has 1 aromatic heterocycles. The lowest BCUT2D eigenvalue weighted by molar-refractivity contribution is -0.00110. The minimum absolute atomic E-state index is 0. The number of hydrogen-bond acceptors (Lipinski definition) is 7. The summed E-state index contributed by atoms with van der Waals surface area (Å²) in [7, 11) is -4.12. The number of piperazine rings is 1. The number of aromatic nitrogens is 2. The van der Waals surface area contributed by atoms with Crippen LogP contribution in [0.25, 0.3) is 11.3 Å². The Hall–Kier alpha value is -3.99. The number of amides is 1. The van der Waals surface area contributed by atoms with Crippen molar-refractivity contribution in [1.82, 2.24) is 19.8 Å². The Bertz CT molecular complexity index is 1780. The zero-order chi connectivity index (χ0) is 31.0. The van der Waals surface area contributed by atoms with E-state index in [9.17, 15) is 13.2 Å². The van der Waals surface area contributed by atoms with Crippen LogP contribution in [0.15, 0.2) is 83.8 Å². The molecule has 2 aliphatic heterocycles. The fraction of sp³-hybridized carbons (Fsp3) is 0.324. The number of rotatable bonds is 4. The van der Waals surface area contributed by atoms with E-state index >= 15 is 0 Å². The van der Waals surface area contributed by atoms with Gasteiger partial charge in [-0.2, -0.15) is 4.98 Å². The van der Waals surface area contributed by atoms with E-state index in [0.29, 0.717) is 37.3 Å². The van der Waals surface area contributed by atoms with Crippen LogP contribution in [0.1, 0.15) is 40.9 Å². The Labute approximate surface area is 271 Å². The lowest BCUT2D eigenvalue weighted by Gasteiger charge is -2.45. The highest BCUT2D eigenvalue weighted by molar-refractivity contribution is 7.92. The molecule has 1 N–H and O–H groups in total. The van der Waals surface area contributed by atoms with Gasteiger partial charge < -0.3 is 9.64 Å². The molecule has 2 aliphatic rings. The molecule has 0 spiro atoms. The van der Waals surface area contributed by atoms with E-state index < -0.39 is 16.1 Å². The largest absolute Gasteiger partial charge is 0.472 e. The van der Waals surface area contributed by atoms with Crippen molar-refractivity contribution in [2.75, 3.05) is 24.4 Å². The van der Waals surface area contributed by atoms with Crippen molar-refractivity contribution in [2.45, 2.75) is 57.2 Å². The molecule has 2 unspecified atom stereocenters. The summed E-state index contributed by atoms with van der Waals surface area (Å²) in [5, 5.41) is 0. The minimum Gasteiger partial charge on any atom is -0.472 e. The fourth-order valence-electron chi connectivity index (χ4n) is 6.15. The number of benzene rings is 3. The number of halogens is 1. The number of anilines is 1. The van der Waals surface area contributed by atoms with Gasteiger partial charge in [-0.05, 0) is 62.6 Å². The Morgan fingerprint density at radius 3 is 2.36 bits per heavy atom. The molecule has 0 saturated carbocycles. The molecular weight excluding hydrogens is 610 g/mol. The fourth-order valence-corrected chi connectivity index (χ4v) is 7.14. The second-order valence-electron chi connectivity index (χ2n) is 11.8. The first-order chi connectivity index (χ1) is 21.1. The van der Waals surface area contributed by atoms with Gasteiger partial charge in [0, 0.05) is 49.3 Å². The molecule has 2 atom stereocenters. The maximum Gasteiger partial charge on any atom is 0.264 e. The SMILES string of the molecule is Cc1cccc(C)c1-c1cc2nc(n1)NS(=O)(=O)c1cccc(c1)C(=O)N1CCN(C(C)C)CC1C(Cc1ccccc1)O2.Cl. The van der Waals surface area contributed by atoms with Crippen LogP contribution in [0.4, 0.5) is 5.95 Å². The Morgan fingerprint density at radius 1 is 0.933 bits per heavy atom. The number of fused-ring (bicyclic) bond motifs is 5. The molecule has 236 valence electrons. The van der Waals surface area contributed by atoms with Crippen molar-refractivity contribution in [3.63, 3.8) is 0 Å². The minimum atomic E-state index is -4.12. The summed E-state index contributed by atoms with van der Waals surface area (Å²) < 4.78 is 36.5. The van der Waals surface area contributed by atoms with Crippen LogP contribution in [0.5, 0.6) is 5.88 Å². The standard InChI is InChI=1S/C34H37N5O4S.ClH/c1-22(2)38-16-17-39-29(21-38)30(18-25-12-6-5-7-13-25)43-31-20-28(32-23(3)10-8-11-24(32)4)35-34(36-31)37-44(41,42)27-15-9-14-26(19-27)33(39)40;/h5-15,19-20,22,29-30H,16-18,21H2,1-4H3,(H,35,36,37);1H. The lowest BCUT2D eigenvalue weighted by atomic mass is 9.96. The molecule has 9 nitrogen and oxygen atoms in total. The van der Waals surface area contributed by atoms with E-state index in [1.807, 2.05) is 67.3 Å². The number of nitrogens with one attached hydrogen (secondary N) is 1. The molecule has 4 bridgehead atoms. The molecule has 4 aromatic rings. The first kappa shape index (κ1) is 32.4. The summed E-state index contributed by atoms with van der Waals surface area (Å²) in [6.45, 7) is 10.1. The van der Waals surface area contributed by atoms with Crippen LogP contribution in [0.2, 0.25) is 0 Å². The number of carbonyl (C=O) groups excluding carboxylic acids is 1. The molecule has 0 radical (unpaired) electrons. The predicted octanol–water partition coefficient (Wildman–Crippen LogP) is 5.52. The molecule has 3 aromatic carbocycles. The molecule has 1 amide bonds. The van der Waals surface area contributed by atoms with Crippen LogP contribution >= 0.6 is 12.4 Å². The monoisotopic (exact) mass is 647 g/mol. The normalized spacial score (nSPS) is 19.6. The maximum absolute atomic E-state index is 14.1. The second-order valence-corrected chi connectivity index (χ2v) is 13.5. The number of ether oxygens (including phenoxy) is 1. The van der Waals surface area contributed by atoms with Crippen molar-refractivity contribution in [3.05, 3.63) is 101 Å². The summed E-state index contributed by atoms with van der Waals surface area (Å²) in [4.78, 5) is 27.5. The highest BCUT2D eigenvalue weighted by Gasteiger charge is 2.39. The highest BCUT2D eigenvalue weighted by Crippen LogP contribution is 2.32. The van der Waals surface area contributed by atoms with Crippen molar-refractivity contribution in [3.8, 4) is 17.1 Å². The van der Waals surface area contributed by atoms with Gasteiger partial charge in [0.2, 0.25) is 11.8 Å². The summed E-state index contributed by atoms with van der Waals surface area (Å²) in [5.74, 6) is -0.0967. The van der Waals surface area contributed by atoms with Gasteiger partial charge in [-0.25, -0.2) is 18.1 Å². The number of sulfonamides is 1. The summed E-state index contributed by atoms with van der Waals surface area (Å²) >= 11 is 0. The molecule has 1 saturated heterocycles. The average molecular weight is 648 g/mol. The molecule has 11 heteroatoms. The van der Waals surface area contributed by atoms with Gasteiger partial charge in [0.25, 0.3) is 15.9 Å². The first-order valence-electron chi connectivity index (χ1n) is 14.9. The molecule has 3 heterocycles. The van der Waals surface area contributed by atoms with Gasteiger partial charge in [0.1, 0.15) is 6.10 Å². The van der Waals surface area contributed by atoms with Crippen LogP contribution in [0.3, 0.4) is 0 Å². The first-order valence-corrected chi connectivity index (χ1v) is 16.4. The third kappa shape index (κ3) is 6.83. The van der Waals surface area contributed by atoms with E-state index in [0.717, 1.165) is 22.3 Å². The molecular formula is C34H38ClN5O4S. The van der Waals surface area contributed by atoms with Crippen LogP contribution in [-0.2, 0) is 16.4 Å². The molecule has 45 heavy (non-hydrogen) atoms. The van der Waals surface area contributed by atoms with Crippen LogP contribution < -0.4 is 9.46 Å². The van der Waals surface area contributed by atoms with Gasteiger partial charge in [-0.15, -0.1) is 12.4 Å². The van der Waals surface area contributed by atoms with Crippen molar-refractivity contribution < 1.29 is 17.9 Å². The summed E-state index contributed by atoms with van der Waals surface area (Å²) in [5.41, 5.74) is 4.77. The van der Waals surface area contributed by atoms with Gasteiger partial charge in [0.05, 0.1) is 16.6 Å². The van der Waals surface area contributed by atoms with E-state index in [1.54, 1.807) is 18.2 Å². The van der Waals surface area contributed by atoms with Gasteiger partial charge >= 0.3 is 0 Å². The smallest absolute Gasteiger partial charge is 0.264 e. The zero-order valence-corrected chi connectivity index (χ0v) is 27.4. The van der Waals surface area contributed by atoms with Crippen LogP contribution in [0, 0.1) is 13.8 Å². The number of nitrogens with zero attached hydrogens (tertiary/aromatic N) is 4. The summed E-state index contributed by atoms with van der Waals surface area (Å²) in [6.07, 6.45) is 0.0300. The highest BCUT2D eigenvalue weighted by atomic mass is 35.5. The number of carbonyl (C=O) groups is 1. The average Bonchev–Trinajstić information content (AvgIpc) is 3.00. The predicted molar refractivity (Wildman–Crippen MR) is 178 cm³/mol. The lowest BCUT2D eigenvalue weighted by Crippen LogP contribution is -2.62.